The Kier molecular flexibility index (Phi) is 5.51. The fourth-order valence-electron chi connectivity index (χ4n) is 2.10. The Morgan fingerprint density at radius 3 is 2.64 bits per heavy atom. The van der Waals surface area contributed by atoms with Crippen LogP contribution in [0.2, 0.25) is 0 Å². The summed E-state index contributed by atoms with van der Waals surface area (Å²) in [6, 6.07) is 11.7. The van der Waals surface area contributed by atoms with Crippen LogP contribution in [-0.2, 0) is 14.8 Å². The number of nitriles is 1. The quantitative estimate of drug-likeness (QED) is 0.884. The molecule has 0 aromatic heterocycles. The van der Waals surface area contributed by atoms with E-state index in [0.717, 1.165) is 4.31 Å². The van der Waals surface area contributed by atoms with Gasteiger partial charge in [-0.2, -0.15) is 9.57 Å². The highest BCUT2D eigenvalue weighted by Gasteiger charge is 2.23. The molecule has 0 unspecified atom stereocenters. The molecule has 0 radical (unpaired) electrons. The van der Waals surface area contributed by atoms with Crippen molar-refractivity contribution in [2.75, 3.05) is 18.9 Å². The number of halogens is 1. The molecule has 1 amide bonds. The number of aryl methyl sites for hydroxylation is 1. The molecule has 8 heteroatoms. The second kappa shape index (κ2) is 7.42. The van der Waals surface area contributed by atoms with Crippen LogP contribution in [0.1, 0.15) is 11.1 Å². The molecule has 0 bridgehead atoms. The van der Waals surface area contributed by atoms with Crippen molar-refractivity contribution >= 4 is 21.6 Å². The lowest BCUT2D eigenvalue weighted by molar-refractivity contribution is -0.116. The first-order chi connectivity index (χ1) is 11.7. The molecular weight excluding hydrogens is 345 g/mol. The van der Waals surface area contributed by atoms with E-state index in [4.69, 9.17) is 5.26 Å². The number of rotatable bonds is 5. The molecule has 2 aromatic rings. The van der Waals surface area contributed by atoms with Crippen LogP contribution in [0.25, 0.3) is 0 Å². The third kappa shape index (κ3) is 4.41. The zero-order chi connectivity index (χ0) is 18.6. The van der Waals surface area contributed by atoms with Crippen LogP contribution in [0, 0.1) is 24.1 Å². The van der Waals surface area contributed by atoms with Gasteiger partial charge >= 0.3 is 0 Å². The van der Waals surface area contributed by atoms with E-state index in [1.165, 1.54) is 43.4 Å². The summed E-state index contributed by atoms with van der Waals surface area (Å²) < 4.78 is 39.5. The van der Waals surface area contributed by atoms with Crippen LogP contribution in [0.5, 0.6) is 0 Å². The van der Waals surface area contributed by atoms with E-state index >= 15 is 0 Å². The normalized spacial score (nSPS) is 11.2. The average Bonchev–Trinajstić information content (AvgIpc) is 2.57. The van der Waals surface area contributed by atoms with E-state index < -0.39 is 28.3 Å². The molecule has 0 atom stereocenters. The number of carbonyl (C=O) groups excluding carboxylic acids is 1. The predicted octanol–water partition coefficient (Wildman–Crippen LogP) is 2.27. The first-order valence-electron chi connectivity index (χ1n) is 7.26. The van der Waals surface area contributed by atoms with Crippen LogP contribution in [-0.4, -0.2) is 32.2 Å². The van der Waals surface area contributed by atoms with Gasteiger partial charge < -0.3 is 5.32 Å². The number of sulfonamides is 1. The molecular formula is C17H16FN3O3S. The SMILES string of the molecule is Cc1ccc(NC(=O)CN(C)S(=O)(=O)c2cccc(C#N)c2)c(F)c1. The summed E-state index contributed by atoms with van der Waals surface area (Å²) in [6.45, 7) is 1.22. The van der Waals surface area contributed by atoms with Crippen molar-refractivity contribution in [2.24, 2.45) is 0 Å². The minimum absolute atomic E-state index is 0.0205. The second-order valence-corrected chi connectivity index (χ2v) is 7.48. The second-order valence-electron chi connectivity index (χ2n) is 5.43. The molecule has 0 aliphatic rings. The van der Waals surface area contributed by atoms with E-state index in [0.29, 0.717) is 5.56 Å². The van der Waals surface area contributed by atoms with Gasteiger partial charge in [-0.1, -0.05) is 12.1 Å². The Morgan fingerprint density at radius 1 is 1.28 bits per heavy atom. The number of nitrogens with one attached hydrogen (secondary N) is 1. The van der Waals surface area contributed by atoms with Gasteiger partial charge in [0, 0.05) is 7.05 Å². The summed E-state index contributed by atoms with van der Waals surface area (Å²) in [7, 11) is -2.71. The molecule has 2 rings (SSSR count). The van der Waals surface area contributed by atoms with Crippen molar-refractivity contribution in [3.05, 3.63) is 59.4 Å². The van der Waals surface area contributed by atoms with Crippen LogP contribution >= 0.6 is 0 Å². The summed E-state index contributed by atoms with van der Waals surface area (Å²) in [4.78, 5) is 11.9. The molecule has 130 valence electrons. The molecule has 1 N–H and O–H groups in total. The number of benzene rings is 2. The maximum Gasteiger partial charge on any atom is 0.243 e. The Bertz CT molecular complexity index is 952. The fraction of sp³-hybridized carbons (Fsp3) is 0.176. The highest BCUT2D eigenvalue weighted by atomic mass is 32.2. The van der Waals surface area contributed by atoms with Gasteiger partial charge in [0.1, 0.15) is 5.82 Å². The van der Waals surface area contributed by atoms with Crippen molar-refractivity contribution in [1.82, 2.24) is 4.31 Å². The Morgan fingerprint density at radius 2 is 2.00 bits per heavy atom. The number of hydrogen-bond donors (Lipinski definition) is 1. The largest absolute Gasteiger partial charge is 0.322 e. The van der Waals surface area contributed by atoms with Gasteiger partial charge in [0.15, 0.2) is 0 Å². The maximum atomic E-state index is 13.8. The number of hydrogen-bond acceptors (Lipinski definition) is 4. The highest BCUT2D eigenvalue weighted by molar-refractivity contribution is 7.89. The Balaban J connectivity index is 2.13. The zero-order valence-electron chi connectivity index (χ0n) is 13.7. The standard InChI is InChI=1S/C17H16FN3O3S/c1-12-6-7-16(15(18)8-12)20-17(22)11-21(2)25(23,24)14-5-3-4-13(9-14)10-19/h3-9H,11H2,1-2H3,(H,20,22). The summed E-state index contributed by atoms with van der Waals surface area (Å²) in [5.41, 5.74) is 0.876. The average molecular weight is 361 g/mol. The lowest BCUT2D eigenvalue weighted by atomic mass is 10.2. The molecule has 25 heavy (non-hydrogen) atoms. The lowest BCUT2D eigenvalue weighted by Crippen LogP contribution is -2.35. The highest BCUT2D eigenvalue weighted by Crippen LogP contribution is 2.17. The van der Waals surface area contributed by atoms with E-state index in [1.54, 1.807) is 13.0 Å². The van der Waals surface area contributed by atoms with Gasteiger partial charge in [0.2, 0.25) is 15.9 Å². The summed E-state index contributed by atoms with van der Waals surface area (Å²) in [6.07, 6.45) is 0. The molecule has 0 spiro atoms. The molecule has 0 fully saturated rings. The smallest absolute Gasteiger partial charge is 0.243 e. The molecule has 6 nitrogen and oxygen atoms in total. The van der Waals surface area contributed by atoms with Crippen LogP contribution in [0.3, 0.4) is 0 Å². The summed E-state index contributed by atoms with van der Waals surface area (Å²) >= 11 is 0. The molecule has 0 saturated heterocycles. The molecule has 0 saturated carbocycles. The molecule has 0 heterocycles. The summed E-state index contributed by atoms with van der Waals surface area (Å²) in [5.74, 6) is -1.27. The van der Waals surface area contributed by atoms with Crippen molar-refractivity contribution in [1.29, 1.82) is 5.26 Å². The number of likely N-dealkylation sites (N-methyl/N-ethyl adjacent to an activating group) is 1. The molecule has 2 aromatic carbocycles. The van der Waals surface area contributed by atoms with Gasteiger partial charge in [-0.15, -0.1) is 0 Å². The van der Waals surface area contributed by atoms with Crippen molar-refractivity contribution in [3.63, 3.8) is 0 Å². The molecule has 0 aliphatic carbocycles. The monoisotopic (exact) mass is 361 g/mol. The number of carbonyl (C=O) groups is 1. The van der Waals surface area contributed by atoms with Crippen LogP contribution in [0.4, 0.5) is 10.1 Å². The van der Waals surface area contributed by atoms with Gasteiger partial charge in [-0.25, -0.2) is 12.8 Å². The lowest BCUT2D eigenvalue weighted by Gasteiger charge is -2.17. The van der Waals surface area contributed by atoms with Crippen LogP contribution in [0.15, 0.2) is 47.4 Å². The first-order valence-corrected chi connectivity index (χ1v) is 8.70. The summed E-state index contributed by atoms with van der Waals surface area (Å²) in [5, 5.41) is 11.2. The molecule has 0 aliphatic heterocycles. The topological polar surface area (TPSA) is 90.3 Å². The van der Waals surface area contributed by atoms with E-state index in [2.05, 4.69) is 5.32 Å². The van der Waals surface area contributed by atoms with Gasteiger partial charge in [0.25, 0.3) is 0 Å². The van der Waals surface area contributed by atoms with E-state index in [9.17, 15) is 17.6 Å². The van der Waals surface area contributed by atoms with E-state index in [1.807, 2.05) is 6.07 Å². The van der Waals surface area contributed by atoms with Crippen molar-refractivity contribution in [3.8, 4) is 6.07 Å². The Labute approximate surface area is 145 Å². The van der Waals surface area contributed by atoms with Crippen LogP contribution < -0.4 is 5.32 Å². The number of anilines is 1. The Hall–Kier alpha value is -2.76. The number of nitrogens with zero attached hydrogens (tertiary/aromatic N) is 2. The van der Waals surface area contributed by atoms with Gasteiger partial charge in [-0.05, 0) is 42.8 Å². The third-order valence-electron chi connectivity index (χ3n) is 3.44. The minimum atomic E-state index is -3.95. The third-order valence-corrected chi connectivity index (χ3v) is 5.24. The minimum Gasteiger partial charge on any atom is -0.322 e. The van der Waals surface area contributed by atoms with Crippen molar-refractivity contribution in [2.45, 2.75) is 11.8 Å². The van der Waals surface area contributed by atoms with Crippen molar-refractivity contribution < 1.29 is 17.6 Å². The first kappa shape index (κ1) is 18.6. The number of amides is 1. The fourth-order valence-corrected chi connectivity index (χ4v) is 3.28. The van der Waals surface area contributed by atoms with Gasteiger partial charge in [-0.3, -0.25) is 4.79 Å². The zero-order valence-corrected chi connectivity index (χ0v) is 14.5. The predicted molar refractivity (Wildman–Crippen MR) is 90.7 cm³/mol. The van der Waals surface area contributed by atoms with E-state index in [-0.39, 0.29) is 16.1 Å². The van der Waals surface area contributed by atoms with Gasteiger partial charge in [0.05, 0.1) is 28.8 Å². The maximum absolute atomic E-state index is 13.8.